The van der Waals surface area contributed by atoms with Gasteiger partial charge in [-0.2, -0.15) is 4.31 Å². The van der Waals surface area contributed by atoms with Crippen molar-refractivity contribution in [1.82, 2.24) is 4.31 Å². The summed E-state index contributed by atoms with van der Waals surface area (Å²) in [5.41, 5.74) is 0. The maximum atomic E-state index is 13.3. The van der Waals surface area contributed by atoms with Crippen LogP contribution in [0.25, 0.3) is 0 Å². The molecule has 0 amide bonds. The van der Waals surface area contributed by atoms with Crippen molar-refractivity contribution >= 4 is 21.4 Å². The van der Waals surface area contributed by atoms with E-state index in [-0.39, 0.29) is 10.9 Å². The Morgan fingerprint density at radius 1 is 1.21 bits per heavy atom. The third-order valence-corrected chi connectivity index (χ3v) is 6.94. The number of thiophene rings is 1. The van der Waals surface area contributed by atoms with Crippen molar-refractivity contribution in [2.75, 3.05) is 20.3 Å². The van der Waals surface area contributed by atoms with Gasteiger partial charge in [0.1, 0.15) is 10.6 Å². The molecule has 130 valence electrons. The quantitative estimate of drug-likeness (QED) is 0.787. The van der Waals surface area contributed by atoms with Gasteiger partial charge in [-0.1, -0.05) is 18.2 Å². The van der Waals surface area contributed by atoms with Crippen LogP contribution < -0.4 is 4.74 Å². The normalized spacial score (nSPS) is 16.4. The van der Waals surface area contributed by atoms with Gasteiger partial charge in [-0.05, 0) is 36.4 Å². The van der Waals surface area contributed by atoms with Crippen LogP contribution in [0.1, 0.15) is 17.7 Å². The number of sulfonamides is 1. The highest BCUT2D eigenvalue weighted by Crippen LogP contribution is 2.31. The third-order valence-electron chi connectivity index (χ3n) is 4.15. The average Bonchev–Trinajstić information content (AvgIpc) is 3.13. The lowest BCUT2D eigenvalue weighted by atomic mass is 10.1. The minimum Gasteiger partial charge on any atom is -0.495 e. The molecular formula is C17H21NO4S2. The van der Waals surface area contributed by atoms with Gasteiger partial charge in [0.05, 0.1) is 7.11 Å². The Morgan fingerprint density at radius 3 is 2.62 bits per heavy atom. The minimum atomic E-state index is -3.66. The molecule has 1 aliphatic heterocycles. The summed E-state index contributed by atoms with van der Waals surface area (Å²) in [6.45, 7) is 1.56. The monoisotopic (exact) mass is 367 g/mol. The van der Waals surface area contributed by atoms with Crippen LogP contribution in [0, 0.1) is 0 Å². The average molecular weight is 367 g/mol. The first-order chi connectivity index (χ1) is 11.6. The third kappa shape index (κ3) is 3.64. The van der Waals surface area contributed by atoms with E-state index in [9.17, 15) is 8.42 Å². The second-order valence-corrected chi connectivity index (χ2v) is 8.52. The molecule has 0 spiro atoms. The molecule has 3 rings (SSSR count). The standard InChI is InChI=1S/C17H21NO4S2/c1-21-16-6-2-3-7-17(16)24(19,20)18(13-15-5-4-12-23-15)14-8-10-22-11-9-14/h2-7,12,14H,8-11,13H2,1H3. The number of hydrogen-bond donors (Lipinski definition) is 0. The second kappa shape index (κ2) is 7.65. The molecule has 1 aromatic heterocycles. The van der Waals surface area contributed by atoms with Crippen LogP contribution in [0.3, 0.4) is 0 Å². The van der Waals surface area contributed by atoms with Crippen LogP contribution in [0.15, 0.2) is 46.7 Å². The summed E-state index contributed by atoms with van der Waals surface area (Å²) in [5, 5.41) is 1.97. The Kier molecular flexibility index (Phi) is 5.55. The van der Waals surface area contributed by atoms with E-state index in [1.54, 1.807) is 39.9 Å². The molecule has 0 aliphatic carbocycles. The number of nitrogens with zero attached hydrogens (tertiary/aromatic N) is 1. The van der Waals surface area contributed by atoms with Gasteiger partial charge in [0.15, 0.2) is 0 Å². The van der Waals surface area contributed by atoms with Crippen LogP contribution in [-0.4, -0.2) is 39.1 Å². The highest BCUT2D eigenvalue weighted by atomic mass is 32.2. The Hall–Kier alpha value is -1.41. The van der Waals surface area contributed by atoms with Gasteiger partial charge in [0.2, 0.25) is 10.0 Å². The fraction of sp³-hybridized carbons (Fsp3) is 0.412. The summed E-state index contributed by atoms with van der Waals surface area (Å²) in [6.07, 6.45) is 1.42. The van der Waals surface area contributed by atoms with Crippen LogP contribution in [-0.2, 0) is 21.3 Å². The maximum absolute atomic E-state index is 13.3. The largest absolute Gasteiger partial charge is 0.495 e. The molecule has 0 bridgehead atoms. The SMILES string of the molecule is COc1ccccc1S(=O)(=O)N(Cc1cccs1)C1CCOCC1. The van der Waals surface area contributed by atoms with Gasteiger partial charge in [-0.3, -0.25) is 0 Å². The Morgan fingerprint density at radius 2 is 1.96 bits per heavy atom. The molecule has 0 atom stereocenters. The van der Waals surface area contributed by atoms with E-state index < -0.39 is 10.0 Å². The molecule has 24 heavy (non-hydrogen) atoms. The molecule has 1 fully saturated rings. The van der Waals surface area contributed by atoms with E-state index in [2.05, 4.69) is 0 Å². The van der Waals surface area contributed by atoms with Gasteiger partial charge >= 0.3 is 0 Å². The first kappa shape index (κ1) is 17.4. The topological polar surface area (TPSA) is 55.8 Å². The molecule has 7 heteroatoms. The zero-order chi connectivity index (χ0) is 17.0. The van der Waals surface area contributed by atoms with Gasteiger partial charge in [0.25, 0.3) is 0 Å². The van der Waals surface area contributed by atoms with Crippen molar-refractivity contribution in [3.05, 3.63) is 46.7 Å². The van der Waals surface area contributed by atoms with Gasteiger partial charge in [0, 0.05) is 30.7 Å². The number of methoxy groups -OCH3 is 1. The van der Waals surface area contributed by atoms with Crippen LogP contribution >= 0.6 is 11.3 Å². The first-order valence-corrected chi connectivity index (χ1v) is 10.2. The van der Waals surface area contributed by atoms with Crippen molar-refractivity contribution in [3.63, 3.8) is 0 Å². The second-order valence-electron chi connectivity index (χ2n) is 5.62. The van der Waals surface area contributed by atoms with Gasteiger partial charge in [-0.15, -0.1) is 11.3 Å². The molecule has 1 aliphatic rings. The molecule has 5 nitrogen and oxygen atoms in total. The fourth-order valence-corrected chi connectivity index (χ4v) is 5.50. The van der Waals surface area contributed by atoms with E-state index in [1.165, 1.54) is 7.11 Å². The Bertz CT molecular complexity index is 753. The molecule has 2 aromatic rings. The first-order valence-electron chi connectivity index (χ1n) is 7.88. The maximum Gasteiger partial charge on any atom is 0.247 e. The molecule has 0 radical (unpaired) electrons. The number of benzene rings is 1. The van der Waals surface area contributed by atoms with Crippen LogP contribution in [0.2, 0.25) is 0 Å². The Labute approximate surface area is 146 Å². The van der Waals surface area contributed by atoms with E-state index in [0.717, 1.165) is 4.88 Å². The van der Waals surface area contributed by atoms with Gasteiger partial charge in [-0.25, -0.2) is 8.42 Å². The van der Waals surface area contributed by atoms with Crippen molar-refractivity contribution in [2.24, 2.45) is 0 Å². The predicted octanol–water partition coefficient (Wildman–Crippen LogP) is 3.13. The summed E-state index contributed by atoms with van der Waals surface area (Å²) >= 11 is 1.57. The minimum absolute atomic E-state index is 0.0595. The smallest absolute Gasteiger partial charge is 0.247 e. The van der Waals surface area contributed by atoms with E-state index in [1.807, 2.05) is 17.5 Å². The van der Waals surface area contributed by atoms with E-state index in [0.29, 0.717) is 38.3 Å². The lowest BCUT2D eigenvalue weighted by molar-refractivity contribution is 0.0571. The molecule has 1 aromatic carbocycles. The zero-order valence-corrected chi connectivity index (χ0v) is 15.2. The van der Waals surface area contributed by atoms with Crippen molar-refractivity contribution < 1.29 is 17.9 Å². The summed E-state index contributed by atoms with van der Waals surface area (Å²) in [4.78, 5) is 1.25. The van der Waals surface area contributed by atoms with Gasteiger partial charge < -0.3 is 9.47 Å². The predicted molar refractivity (Wildman–Crippen MR) is 93.9 cm³/mol. The molecule has 1 saturated heterocycles. The van der Waals surface area contributed by atoms with Crippen LogP contribution in [0.4, 0.5) is 0 Å². The molecular weight excluding hydrogens is 346 g/mol. The number of ether oxygens (including phenoxy) is 2. The zero-order valence-electron chi connectivity index (χ0n) is 13.6. The van der Waals surface area contributed by atoms with Crippen molar-refractivity contribution in [3.8, 4) is 5.75 Å². The number of hydrogen-bond acceptors (Lipinski definition) is 5. The number of para-hydroxylation sites is 1. The summed E-state index contributed by atoms with van der Waals surface area (Å²) in [5.74, 6) is 0.376. The lowest BCUT2D eigenvalue weighted by Gasteiger charge is -2.33. The van der Waals surface area contributed by atoms with E-state index >= 15 is 0 Å². The van der Waals surface area contributed by atoms with Crippen LogP contribution in [0.5, 0.6) is 5.75 Å². The van der Waals surface area contributed by atoms with Crippen molar-refractivity contribution in [2.45, 2.75) is 30.3 Å². The fourth-order valence-electron chi connectivity index (χ4n) is 2.90. The lowest BCUT2D eigenvalue weighted by Crippen LogP contribution is -2.42. The summed E-state index contributed by atoms with van der Waals surface area (Å²) in [6, 6.07) is 10.6. The highest BCUT2D eigenvalue weighted by molar-refractivity contribution is 7.89. The molecule has 2 heterocycles. The highest BCUT2D eigenvalue weighted by Gasteiger charge is 2.34. The van der Waals surface area contributed by atoms with E-state index in [4.69, 9.17) is 9.47 Å². The summed E-state index contributed by atoms with van der Waals surface area (Å²) < 4.78 is 39.0. The summed E-state index contributed by atoms with van der Waals surface area (Å²) in [7, 11) is -2.17. The Balaban J connectivity index is 1.99. The molecule has 0 N–H and O–H groups in total. The van der Waals surface area contributed by atoms with Crippen molar-refractivity contribution in [1.29, 1.82) is 0 Å². The molecule has 0 saturated carbocycles. The number of rotatable bonds is 6. The molecule has 0 unspecified atom stereocenters.